The Morgan fingerprint density at radius 1 is 1.22 bits per heavy atom. The second-order valence-corrected chi connectivity index (χ2v) is 8.25. The quantitative estimate of drug-likeness (QED) is 0.495. The van der Waals surface area contributed by atoms with Gasteiger partial charge in [0.05, 0.1) is 30.5 Å². The van der Waals surface area contributed by atoms with Gasteiger partial charge in [0.1, 0.15) is 16.4 Å². The third kappa shape index (κ3) is 3.69. The number of nitrogens with two attached hydrogens (primary N) is 1. The molecule has 0 unspecified atom stereocenters. The van der Waals surface area contributed by atoms with E-state index in [9.17, 15) is 9.59 Å². The highest BCUT2D eigenvalue weighted by Gasteiger charge is 2.37. The summed E-state index contributed by atoms with van der Waals surface area (Å²) in [4.78, 5) is 25.9. The molecule has 3 aromatic rings. The van der Waals surface area contributed by atoms with Crippen LogP contribution in [0.3, 0.4) is 0 Å². The van der Waals surface area contributed by atoms with E-state index in [0.717, 1.165) is 5.56 Å². The Kier molecular flexibility index (Phi) is 5.62. The predicted molar refractivity (Wildman–Crippen MR) is 121 cm³/mol. The van der Waals surface area contributed by atoms with Crippen molar-refractivity contribution in [3.05, 3.63) is 63.4 Å². The molecule has 0 fully saturated rings. The third-order valence-electron chi connectivity index (χ3n) is 5.20. The average Bonchev–Trinajstić information content (AvgIpc) is 3.34. The number of aromatic nitrogens is 1. The topological polar surface area (TPSA) is 129 Å². The number of fused-ring (bicyclic) bond motifs is 1. The maximum atomic E-state index is 12.9. The molecule has 0 aliphatic carbocycles. The zero-order chi connectivity index (χ0) is 23.0. The van der Waals surface area contributed by atoms with Crippen LogP contribution in [0.1, 0.15) is 39.4 Å². The summed E-state index contributed by atoms with van der Waals surface area (Å²) in [5.74, 6) is 0.144. The van der Waals surface area contributed by atoms with Crippen molar-refractivity contribution in [1.29, 1.82) is 0 Å². The molecule has 166 valence electrons. The lowest BCUT2D eigenvalue weighted by molar-refractivity contribution is -0.136. The van der Waals surface area contributed by atoms with E-state index in [1.807, 2.05) is 24.3 Å². The van der Waals surface area contributed by atoms with E-state index in [4.69, 9.17) is 19.7 Å². The summed E-state index contributed by atoms with van der Waals surface area (Å²) in [6.07, 6.45) is 0. The molecule has 1 aliphatic rings. The number of benzene rings is 1. The molecule has 4 N–H and O–H groups in total. The molecule has 1 aliphatic heterocycles. The first-order valence-electron chi connectivity index (χ1n) is 9.70. The van der Waals surface area contributed by atoms with Crippen LogP contribution >= 0.6 is 11.3 Å². The van der Waals surface area contributed by atoms with Crippen molar-refractivity contribution in [2.75, 3.05) is 30.6 Å². The minimum absolute atomic E-state index is 0.282. The average molecular weight is 455 g/mol. The Morgan fingerprint density at radius 3 is 2.53 bits per heavy atom. The number of amides is 1. The van der Waals surface area contributed by atoms with Crippen LogP contribution in [-0.4, -0.2) is 31.3 Å². The molecule has 0 saturated carbocycles. The van der Waals surface area contributed by atoms with E-state index in [2.05, 4.69) is 15.8 Å². The molecule has 0 radical (unpaired) electrons. The summed E-state index contributed by atoms with van der Waals surface area (Å²) in [5, 5.41) is 10.4. The van der Waals surface area contributed by atoms with Gasteiger partial charge >= 0.3 is 5.97 Å². The second-order valence-electron chi connectivity index (χ2n) is 7.23. The number of anilines is 3. The number of methoxy groups -OCH3 is 2. The molecule has 1 amide bonds. The van der Waals surface area contributed by atoms with Crippen molar-refractivity contribution in [1.82, 2.24) is 5.16 Å². The number of nitrogens with zero attached hydrogens (tertiary/aromatic N) is 1. The van der Waals surface area contributed by atoms with E-state index in [1.54, 1.807) is 27.0 Å². The number of hydrogen-bond donors (Lipinski definition) is 3. The van der Waals surface area contributed by atoms with Gasteiger partial charge in [0.25, 0.3) is 5.91 Å². The Balaban J connectivity index is 1.80. The van der Waals surface area contributed by atoms with Gasteiger partial charge in [-0.15, -0.1) is 11.3 Å². The molecule has 1 aromatic carbocycles. The molecule has 3 heterocycles. The number of hydrogen-bond acceptors (Lipinski definition) is 9. The minimum Gasteiger partial charge on any atom is -0.497 e. The zero-order valence-corrected chi connectivity index (χ0v) is 18.8. The van der Waals surface area contributed by atoms with Crippen LogP contribution in [0.4, 0.5) is 16.5 Å². The fourth-order valence-corrected chi connectivity index (χ4v) is 4.82. The number of rotatable bonds is 5. The number of nitrogen functional groups attached to an aromatic ring is 1. The fourth-order valence-electron chi connectivity index (χ4n) is 3.71. The molecule has 9 nitrogen and oxygen atoms in total. The van der Waals surface area contributed by atoms with Crippen molar-refractivity contribution in [2.45, 2.75) is 19.8 Å². The van der Waals surface area contributed by atoms with E-state index < -0.39 is 17.8 Å². The van der Waals surface area contributed by atoms with Gasteiger partial charge in [0, 0.05) is 23.2 Å². The van der Waals surface area contributed by atoms with Gasteiger partial charge in [0.15, 0.2) is 5.82 Å². The first kappa shape index (κ1) is 21.4. The summed E-state index contributed by atoms with van der Waals surface area (Å²) in [6, 6.07) is 8.96. The molecule has 4 rings (SSSR count). The smallest absolute Gasteiger partial charge is 0.336 e. The molecule has 2 aromatic heterocycles. The minimum atomic E-state index is -0.517. The van der Waals surface area contributed by atoms with Crippen LogP contribution in [0.15, 0.2) is 46.1 Å². The van der Waals surface area contributed by atoms with E-state index in [1.165, 1.54) is 18.4 Å². The Labute approximate surface area is 188 Å². The summed E-state index contributed by atoms with van der Waals surface area (Å²) in [7, 11) is 2.92. The largest absolute Gasteiger partial charge is 0.497 e. The number of ether oxygens (including phenoxy) is 2. The van der Waals surface area contributed by atoms with Crippen molar-refractivity contribution in [2.24, 2.45) is 0 Å². The number of esters is 1. The summed E-state index contributed by atoms with van der Waals surface area (Å²) in [6.45, 7) is 3.52. The molecule has 32 heavy (non-hydrogen) atoms. The van der Waals surface area contributed by atoms with Gasteiger partial charge < -0.3 is 30.4 Å². The zero-order valence-electron chi connectivity index (χ0n) is 17.9. The summed E-state index contributed by atoms with van der Waals surface area (Å²) < 4.78 is 15.3. The summed E-state index contributed by atoms with van der Waals surface area (Å²) >= 11 is 1.21. The molecular formula is C22H22N4O5S. The molecule has 10 heteroatoms. The number of thiophene rings is 1. The number of nitrogens with one attached hydrogen (secondary N) is 2. The van der Waals surface area contributed by atoms with Crippen molar-refractivity contribution in [3.63, 3.8) is 0 Å². The lowest BCUT2D eigenvalue weighted by Gasteiger charge is -2.28. The van der Waals surface area contributed by atoms with Crippen LogP contribution < -0.4 is 21.1 Å². The predicted octanol–water partition coefficient (Wildman–Crippen LogP) is 3.89. The van der Waals surface area contributed by atoms with E-state index >= 15 is 0 Å². The van der Waals surface area contributed by atoms with Crippen molar-refractivity contribution < 1.29 is 23.6 Å². The van der Waals surface area contributed by atoms with Crippen LogP contribution in [0.5, 0.6) is 5.75 Å². The van der Waals surface area contributed by atoms with Crippen LogP contribution in [0.2, 0.25) is 0 Å². The molecule has 0 saturated heterocycles. The number of allylic oxidation sites excluding steroid dienone is 1. The van der Waals surface area contributed by atoms with Crippen LogP contribution in [-0.2, 0) is 9.53 Å². The highest BCUT2D eigenvalue weighted by atomic mass is 32.1. The Morgan fingerprint density at radius 2 is 1.94 bits per heavy atom. The van der Waals surface area contributed by atoms with Gasteiger partial charge in [0.2, 0.25) is 0 Å². The number of carbonyl (C=O) groups excluding carboxylic acids is 2. The van der Waals surface area contributed by atoms with Gasteiger partial charge in [-0.1, -0.05) is 17.3 Å². The fraction of sp³-hybridized carbons (Fsp3) is 0.227. The lowest BCUT2D eigenvalue weighted by atomic mass is 9.82. The normalized spacial score (nSPS) is 15.1. The van der Waals surface area contributed by atoms with Gasteiger partial charge in [-0.05, 0) is 31.5 Å². The lowest BCUT2D eigenvalue weighted by Crippen LogP contribution is -2.23. The Hall–Kier alpha value is -3.79. The number of aryl methyl sites for hydroxylation is 1. The summed E-state index contributed by atoms with van der Waals surface area (Å²) in [5.41, 5.74) is 9.28. The van der Waals surface area contributed by atoms with Gasteiger partial charge in [-0.2, -0.15) is 0 Å². The Bertz CT molecular complexity index is 1230. The monoisotopic (exact) mass is 454 g/mol. The first-order valence-corrected chi connectivity index (χ1v) is 10.5. The molecule has 0 bridgehead atoms. The van der Waals surface area contributed by atoms with Crippen molar-refractivity contribution in [3.8, 4) is 5.75 Å². The second kappa shape index (κ2) is 8.39. The van der Waals surface area contributed by atoms with Crippen LogP contribution in [0.25, 0.3) is 0 Å². The SMILES string of the molecule is COC(=O)C1=C(C)Nc2sc(C(=O)Nc3cc(C)on3)c(N)c2[C@H]1c1ccc(OC)cc1. The van der Waals surface area contributed by atoms with E-state index in [0.29, 0.717) is 44.0 Å². The van der Waals surface area contributed by atoms with Gasteiger partial charge in [-0.25, -0.2) is 4.79 Å². The molecule has 1 atom stereocenters. The molecular weight excluding hydrogens is 432 g/mol. The van der Waals surface area contributed by atoms with Gasteiger partial charge in [-0.3, -0.25) is 4.79 Å². The number of carbonyl (C=O) groups is 2. The van der Waals surface area contributed by atoms with Crippen LogP contribution in [0, 0.1) is 6.92 Å². The maximum Gasteiger partial charge on any atom is 0.336 e. The molecule has 0 spiro atoms. The highest BCUT2D eigenvalue weighted by molar-refractivity contribution is 7.19. The maximum absolute atomic E-state index is 12.9. The standard InChI is InChI=1S/C22H22N4O5S/c1-10-9-14(26-31-10)25-20(27)19-18(23)17-16(12-5-7-13(29-3)8-6-12)15(22(28)30-4)11(2)24-21(17)32-19/h5-9,16,24H,23H2,1-4H3,(H,25,26,27)/t16-/m0/s1. The first-order chi connectivity index (χ1) is 15.3. The van der Waals surface area contributed by atoms with E-state index in [-0.39, 0.29) is 5.69 Å². The third-order valence-corrected chi connectivity index (χ3v) is 6.33. The van der Waals surface area contributed by atoms with Crippen molar-refractivity contribution >= 4 is 39.7 Å². The highest BCUT2D eigenvalue weighted by Crippen LogP contribution is 2.50.